The van der Waals surface area contributed by atoms with E-state index >= 15 is 0 Å². The van der Waals surface area contributed by atoms with E-state index in [9.17, 15) is 9.59 Å². The molecule has 1 N–H and O–H groups in total. The molecule has 2 amide bonds. The summed E-state index contributed by atoms with van der Waals surface area (Å²) in [4.78, 5) is 29.7. The van der Waals surface area contributed by atoms with Crippen LogP contribution < -0.4 is 5.32 Å². The van der Waals surface area contributed by atoms with Gasteiger partial charge in [-0.2, -0.15) is 0 Å². The molecule has 5 nitrogen and oxygen atoms in total. The molecule has 1 unspecified atom stereocenters. The number of hydrogen-bond donors (Lipinski definition) is 1. The van der Waals surface area contributed by atoms with Crippen LogP contribution >= 0.6 is 0 Å². The van der Waals surface area contributed by atoms with Gasteiger partial charge in [-0.05, 0) is 24.0 Å². The summed E-state index contributed by atoms with van der Waals surface area (Å²) in [5.74, 6) is 0.527. The van der Waals surface area contributed by atoms with Crippen LogP contribution in [-0.2, 0) is 4.79 Å². The molecule has 1 fully saturated rings. The predicted octanol–water partition coefficient (Wildman–Crippen LogP) is 2.24. The molecule has 1 atom stereocenters. The Morgan fingerprint density at radius 3 is 2.12 bits per heavy atom. The smallest absolute Gasteiger partial charge is 0.251 e. The van der Waals surface area contributed by atoms with Crippen LogP contribution in [0.1, 0.15) is 38.1 Å². The Balaban J connectivity index is 1.96. The van der Waals surface area contributed by atoms with Crippen molar-refractivity contribution in [3.05, 3.63) is 35.9 Å². The first-order valence-corrected chi connectivity index (χ1v) is 9.25. The van der Waals surface area contributed by atoms with Crippen molar-refractivity contribution in [2.75, 3.05) is 32.7 Å². The maximum atomic E-state index is 12.9. The summed E-state index contributed by atoms with van der Waals surface area (Å²) >= 11 is 0. The third-order valence-electron chi connectivity index (χ3n) is 4.56. The highest BCUT2D eigenvalue weighted by molar-refractivity contribution is 5.97. The zero-order valence-corrected chi connectivity index (χ0v) is 15.9. The Bertz CT molecular complexity index is 564. The highest BCUT2D eigenvalue weighted by atomic mass is 16.2. The van der Waals surface area contributed by atoms with E-state index in [2.05, 4.69) is 24.1 Å². The minimum Gasteiger partial charge on any atom is -0.340 e. The van der Waals surface area contributed by atoms with Crippen molar-refractivity contribution in [2.24, 2.45) is 11.8 Å². The van der Waals surface area contributed by atoms with Crippen LogP contribution in [0.4, 0.5) is 0 Å². The van der Waals surface area contributed by atoms with Crippen LogP contribution in [-0.4, -0.2) is 60.4 Å². The van der Waals surface area contributed by atoms with Gasteiger partial charge in [-0.15, -0.1) is 0 Å². The molecule has 1 aromatic rings. The van der Waals surface area contributed by atoms with Crippen LogP contribution in [0.3, 0.4) is 0 Å². The van der Waals surface area contributed by atoms with Gasteiger partial charge in [-0.1, -0.05) is 45.9 Å². The molecule has 1 aliphatic heterocycles. The van der Waals surface area contributed by atoms with Crippen LogP contribution in [0.25, 0.3) is 0 Å². The average molecular weight is 345 g/mol. The second-order valence-electron chi connectivity index (χ2n) is 7.58. The summed E-state index contributed by atoms with van der Waals surface area (Å²) in [5, 5.41) is 2.93. The van der Waals surface area contributed by atoms with Crippen molar-refractivity contribution >= 4 is 11.8 Å². The Hall–Kier alpha value is -1.88. The van der Waals surface area contributed by atoms with E-state index in [0.29, 0.717) is 11.5 Å². The van der Waals surface area contributed by atoms with Gasteiger partial charge in [0.05, 0.1) is 0 Å². The van der Waals surface area contributed by atoms with Gasteiger partial charge in [0.1, 0.15) is 6.04 Å². The number of nitrogens with zero attached hydrogens (tertiary/aromatic N) is 2. The number of rotatable bonds is 6. The molecule has 1 aromatic carbocycles. The first-order chi connectivity index (χ1) is 11.9. The number of piperazine rings is 1. The van der Waals surface area contributed by atoms with E-state index < -0.39 is 6.04 Å². The normalized spacial score (nSPS) is 17.0. The first kappa shape index (κ1) is 19.4. The molecule has 0 bridgehead atoms. The molecule has 5 heteroatoms. The fourth-order valence-electron chi connectivity index (χ4n) is 3.19. The lowest BCUT2D eigenvalue weighted by Crippen LogP contribution is -2.56. The minimum atomic E-state index is -0.482. The molecule has 0 spiro atoms. The molecular formula is C20H31N3O2. The molecule has 0 aromatic heterocycles. The van der Waals surface area contributed by atoms with Gasteiger partial charge < -0.3 is 10.2 Å². The largest absolute Gasteiger partial charge is 0.340 e. The third kappa shape index (κ3) is 5.56. The van der Waals surface area contributed by atoms with Crippen LogP contribution in [0.15, 0.2) is 30.3 Å². The highest BCUT2D eigenvalue weighted by Gasteiger charge is 2.30. The van der Waals surface area contributed by atoms with Gasteiger partial charge >= 0.3 is 0 Å². The fourth-order valence-corrected chi connectivity index (χ4v) is 3.19. The predicted molar refractivity (Wildman–Crippen MR) is 100 cm³/mol. The summed E-state index contributed by atoms with van der Waals surface area (Å²) in [5.41, 5.74) is 0.586. The maximum absolute atomic E-state index is 12.9. The van der Waals surface area contributed by atoms with E-state index in [4.69, 9.17) is 0 Å². The lowest BCUT2D eigenvalue weighted by atomic mass is 10.0. The second kappa shape index (κ2) is 8.99. The SMILES string of the molecule is CC(C)CN1CCN(C(=O)C(NC(=O)c2ccccc2)C(C)C)CC1. The number of carbonyl (C=O) groups excluding carboxylic acids is 2. The summed E-state index contributed by atoms with van der Waals surface area (Å²) in [7, 11) is 0. The lowest BCUT2D eigenvalue weighted by Gasteiger charge is -2.37. The fraction of sp³-hybridized carbons (Fsp3) is 0.600. The summed E-state index contributed by atoms with van der Waals surface area (Å²) < 4.78 is 0. The molecule has 0 aliphatic carbocycles. The van der Waals surface area contributed by atoms with Gasteiger partial charge in [0.15, 0.2) is 0 Å². The zero-order valence-electron chi connectivity index (χ0n) is 15.9. The van der Waals surface area contributed by atoms with Gasteiger partial charge in [-0.25, -0.2) is 0 Å². The molecular weight excluding hydrogens is 314 g/mol. The standard InChI is InChI=1S/C20H31N3O2/c1-15(2)14-22-10-12-23(13-11-22)20(25)18(16(3)4)21-19(24)17-8-6-5-7-9-17/h5-9,15-16,18H,10-14H2,1-4H3,(H,21,24). The summed E-state index contributed by atoms with van der Waals surface area (Å²) in [6.07, 6.45) is 0. The molecule has 1 heterocycles. The molecule has 2 rings (SSSR count). The zero-order chi connectivity index (χ0) is 18.4. The average Bonchev–Trinajstić information content (AvgIpc) is 2.59. The molecule has 1 saturated heterocycles. The minimum absolute atomic E-state index is 0.0310. The Kier molecular flexibility index (Phi) is 7.00. The van der Waals surface area contributed by atoms with E-state index in [-0.39, 0.29) is 17.7 Å². The molecule has 0 radical (unpaired) electrons. The van der Waals surface area contributed by atoms with Gasteiger partial charge in [0.25, 0.3) is 5.91 Å². The molecule has 1 aliphatic rings. The number of carbonyl (C=O) groups is 2. The number of nitrogens with one attached hydrogen (secondary N) is 1. The Labute approximate surface area is 151 Å². The highest BCUT2D eigenvalue weighted by Crippen LogP contribution is 2.12. The number of amides is 2. The van der Waals surface area contributed by atoms with Gasteiger partial charge in [0, 0.05) is 38.3 Å². The Morgan fingerprint density at radius 1 is 1.00 bits per heavy atom. The molecule has 25 heavy (non-hydrogen) atoms. The van der Waals surface area contributed by atoms with E-state index in [1.54, 1.807) is 12.1 Å². The quantitative estimate of drug-likeness (QED) is 0.860. The van der Waals surface area contributed by atoms with Crippen LogP contribution in [0, 0.1) is 11.8 Å². The third-order valence-corrected chi connectivity index (χ3v) is 4.56. The second-order valence-corrected chi connectivity index (χ2v) is 7.58. The first-order valence-electron chi connectivity index (χ1n) is 9.25. The summed E-state index contributed by atoms with van der Waals surface area (Å²) in [6, 6.07) is 8.58. The molecule has 138 valence electrons. The van der Waals surface area contributed by atoms with Crippen molar-refractivity contribution in [3.63, 3.8) is 0 Å². The van der Waals surface area contributed by atoms with Crippen molar-refractivity contribution in [1.82, 2.24) is 15.1 Å². The monoisotopic (exact) mass is 345 g/mol. The lowest BCUT2D eigenvalue weighted by molar-refractivity contribution is -0.136. The van der Waals surface area contributed by atoms with Crippen molar-refractivity contribution in [3.8, 4) is 0 Å². The topological polar surface area (TPSA) is 52.6 Å². The van der Waals surface area contributed by atoms with Gasteiger partial charge in [0.2, 0.25) is 5.91 Å². The van der Waals surface area contributed by atoms with Crippen molar-refractivity contribution < 1.29 is 9.59 Å². The number of benzene rings is 1. The van der Waals surface area contributed by atoms with Crippen LogP contribution in [0.2, 0.25) is 0 Å². The van der Waals surface area contributed by atoms with Crippen molar-refractivity contribution in [1.29, 1.82) is 0 Å². The van der Waals surface area contributed by atoms with Gasteiger partial charge in [-0.3, -0.25) is 14.5 Å². The molecule has 0 saturated carbocycles. The summed E-state index contributed by atoms with van der Waals surface area (Å²) in [6.45, 7) is 12.7. The Morgan fingerprint density at radius 2 is 1.60 bits per heavy atom. The van der Waals surface area contributed by atoms with Crippen LogP contribution in [0.5, 0.6) is 0 Å². The van der Waals surface area contributed by atoms with E-state index in [1.165, 1.54) is 0 Å². The van der Waals surface area contributed by atoms with E-state index in [1.807, 2.05) is 36.9 Å². The maximum Gasteiger partial charge on any atom is 0.251 e. The van der Waals surface area contributed by atoms with E-state index in [0.717, 1.165) is 32.7 Å². The van der Waals surface area contributed by atoms with Crippen molar-refractivity contribution in [2.45, 2.75) is 33.7 Å². The number of hydrogen-bond acceptors (Lipinski definition) is 3.